The molecular weight excluding hydrogens is 342 g/mol. The van der Waals surface area contributed by atoms with Crippen LogP contribution in [0.2, 0.25) is 0 Å². The van der Waals surface area contributed by atoms with Crippen LogP contribution in [0.15, 0.2) is 41.4 Å². The van der Waals surface area contributed by atoms with Crippen molar-refractivity contribution in [2.45, 2.75) is 39.2 Å². The van der Waals surface area contributed by atoms with E-state index in [2.05, 4.69) is 15.1 Å². The van der Waals surface area contributed by atoms with Gasteiger partial charge in [0, 0.05) is 18.9 Å². The van der Waals surface area contributed by atoms with Gasteiger partial charge in [0.15, 0.2) is 0 Å². The molecule has 1 saturated heterocycles. The molecule has 1 amide bonds. The second-order valence-corrected chi connectivity index (χ2v) is 6.81. The molecule has 1 fully saturated rings. The Bertz CT molecular complexity index is 935. The normalized spacial score (nSPS) is 16.7. The summed E-state index contributed by atoms with van der Waals surface area (Å²) in [7, 11) is 0. The largest absolute Gasteiger partial charge is 0.361 e. The fourth-order valence-electron chi connectivity index (χ4n) is 3.66. The van der Waals surface area contributed by atoms with Gasteiger partial charge in [0.2, 0.25) is 5.91 Å². The van der Waals surface area contributed by atoms with E-state index in [0.717, 1.165) is 53.4 Å². The molecule has 0 saturated carbocycles. The van der Waals surface area contributed by atoms with E-state index in [-0.39, 0.29) is 11.9 Å². The Morgan fingerprint density at radius 1 is 1.26 bits per heavy atom. The molecule has 7 nitrogen and oxygen atoms in total. The SMILES string of the molecule is Cc1noc(C)c1-c1cncc(C2CCCN2C(=O)Cc2cccnc2)n1. The molecule has 0 aliphatic carbocycles. The molecule has 0 spiro atoms. The Morgan fingerprint density at radius 2 is 2.15 bits per heavy atom. The predicted octanol–water partition coefficient (Wildman–Crippen LogP) is 3.05. The Balaban J connectivity index is 1.59. The molecule has 4 heterocycles. The van der Waals surface area contributed by atoms with Gasteiger partial charge in [0.25, 0.3) is 0 Å². The maximum absolute atomic E-state index is 12.8. The van der Waals surface area contributed by atoms with E-state index in [1.54, 1.807) is 24.8 Å². The Labute approximate surface area is 157 Å². The van der Waals surface area contributed by atoms with E-state index < -0.39 is 0 Å². The monoisotopic (exact) mass is 363 g/mol. The molecular formula is C20H21N5O2. The van der Waals surface area contributed by atoms with Crippen LogP contribution in [0.5, 0.6) is 0 Å². The average molecular weight is 363 g/mol. The number of pyridine rings is 1. The first-order valence-electron chi connectivity index (χ1n) is 9.07. The molecule has 27 heavy (non-hydrogen) atoms. The molecule has 1 aliphatic heterocycles. The molecule has 0 N–H and O–H groups in total. The summed E-state index contributed by atoms with van der Waals surface area (Å²) < 4.78 is 5.25. The van der Waals surface area contributed by atoms with Crippen LogP contribution in [-0.2, 0) is 11.2 Å². The standard InChI is InChI=1S/C20H21N5O2/c1-13-20(14(2)27-24-13)17-12-22-11-16(23-17)18-6-4-8-25(18)19(26)9-15-5-3-7-21-10-15/h3,5,7,10-12,18H,4,6,8-9H2,1-2H3. The van der Waals surface area contributed by atoms with Crippen molar-refractivity contribution in [1.82, 2.24) is 25.0 Å². The Hall–Kier alpha value is -3.09. The van der Waals surface area contributed by atoms with E-state index in [1.807, 2.05) is 30.9 Å². The third-order valence-corrected chi connectivity index (χ3v) is 4.94. The predicted molar refractivity (Wildman–Crippen MR) is 98.6 cm³/mol. The molecule has 7 heteroatoms. The van der Waals surface area contributed by atoms with Crippen molar-refractivity contribution in [2.24, 2.45) is 0 Å². The number of nitrogens with zero attached hydrogens (tertiary/aromatic N) is 5. The summed E-state index contributed by atoms with van der Waals surface area (Å²) in [4.78, 5) is 28.0. The summed E-state index contributed by atoms with van der Waals surface area (Å²) in [6.45, 7) is 4.49. The molecule has 1 aliphatic rings. The summed E-state index contributed by atoms with van der Waals surface area (Å²) in [5, 5.41) is 4.00. The van der Waals surface area contributed by atoms with Crippen LogP contribution >= 0.6 is 0 Å². The third-order valence-electron chi connectivity index (χ3n) is 4.94. The van der Waals surface area contributed by atoms with Gasteiger partial charge in [-0.15, -0.1) is 0 Å². The topological polar surface area (TPSA) is 85.0 Å². The first-order chi connectivity index (χ1) is 13.1. The molecule has 4 rings (SSSR count). The minimum absolute atomic E-state index is 0.0536. The van der Waals surface area contributed by atoms with E-state index >= 15 is 0 Å². The van der Waals surface area contributed by atoms with Gasteiger partial charge in [-0.2, -0.15) is 0 Å². The van der Waals surface area contributed by atoms with Gasteiger partial charge < -0.3 is 9.42 Å². The lowest BCUT2D eigenvalue weighted by Gasteiger charge is -2.24. The summed E-state index contributed by atoms with van der Waals surface area (Å²) in [5.74, 6) is 0.810. The van der Waals surface area contributed by atoms with Crippen molar-refractivity contribution >= 4 is 5.91 Å². The Morgan fingerprint density at radius 3 is 2.89 bits per heavy atom. The molecule has 0 aromatic carbocycles. The van der Waals surface area contributed by atoms with E-state index in [1.165, 1.54) is 0 Å². The minimum Gasteiger partial charge on any atom is -0.361 e. The van der Waals surface area contributed by atoms with Crippen molar-refractivity contribution in [3.8, 4) is 11.3 Å². The molecule has 3 aromatic rings. The number of carbonyl (C=O) groups excluding carboxylic acids is 1. The highest BCUT2D eigenvalue weighted by Gasteiger charge is 2.31. The maximum atomic E-state index is 12.8. The first-order valence-corrected chi connectivity index (χ1v) is 9.07. The van der Waals surface area contributed by atoms with Gasteiger partial charge in [-0.3, -0.25) is 14.8 Å². The van der Waals surface area contributed by atoms with Gasteiger partial charge in [-0.1, -0.05) is 11.2 Å². The molecule has 3 aromatic heterocycles. The van der Waals surface area contributed by atoms with E-state index in [9.17, 15) is 4.79 Å². The highest BCUT2D eigenvalue weighted by molar-refractivity contribution is 5.79. The van der Waals surface area contributed by atoms with Gasteiger partial charge >= 0.3 is 0 Å². The van der Waals surface area contributed by atoms with Crippen LogP contribution in [0.3, 0.4) is 0 Å². The number of rotatable bonds is 4. The highest BCUT2D eigenvalue weighted by atomic mass is 16.5. The third kappa shape index (κ3) is 3.45. The zero-order chi connectivity index (χ0) is 18.8. The summed E-state index contributed by atoms with van der Waals surface area (Å²) in [6.07, 6.45) is 9.11. The second kappa shape index (κ2) is 7.26. The van der Waals surface area contributed by atoms with Crippen LogP contribution < -0.4 is 0 Å². The lowest BCUT2D eigenvalue weighted by Crippen LogP contribution is -2.32. The van der Waals surface area contributed by atoms with Crippen molar-refractivity contribution < 1.29 is 9.32 Å². The van der Waals surface area contributed by atoms with E-state index in [4.69, 9.17) is 9.51 Å². The second-order valence-electron chi connectivity index (χ2n) is 6.81. The van der Waals surface area contributed by atoms with Gasteiger partial charge in [-0.25, -0.2) is 4.98 Å². The number of amides is 1. The van der Waals surface area contributed by atoms with Crippen LogP contribution in [0.4, 0.5) is 0 Å². The minimum atomic E-state index is -0.0536. The van der Waals surface area contributed by atoms with Crippen LogP contribution in [-0.4, -0.2) is 37.5 Å². The van der Waals surface area contributed by atoms with Crippen molar-refractivity contribution in [3.05, 3.63) is 59.6 Å². The quantitative estimate of drug-likeness (QED) is 0.708. The number of aromatic nitrogens is 4. The lowest BCUT2D eigenvalue weighted by molar-refractivity contribution is -0.131. The molecule has 138 valence electrons. The molecule has 1 atom stereocenters. The number of aryl methyl sites for hydroxylation is 2. The molecule has 0 bridgehead atoms. The number of hydrogen-bond donors (Lipinski definition) is 0. The van der Waals surface area contributed by atoms with Crippen molar-refractivity contribution in [2.75, 3.05) is 6.54 Å². The van der Waals surface area contributed by atoms with Crippen LogP contribution in [0.1, 0.15) is 41.6 Å². The molecule has 1 unspecified atom stereocenters. The number of likely N-dealkylation sites (tertiary alicyclic amines) is 1. The highest BCUT2D eigenvalue weighted by Crippen LogP contribution is 2.33. The summed E-state index contributed by atoms with van der Waals surface area (Å²) >= 11 is 0. The average Bonchev–Trinajstić information content (AvgIpc) is 3.29. The smallest absolute Gasteiger partial charge is 0.227 e. The zero-order valence-electron chi connectivity index (χ0n) is 15.4. The zero-order valence-corrected chi connectivity index (χ0v) is 15.4. The van der Waals surface area contributed by atoms with Crippen LogP contribution in [0, 0.1) is 13.8 Å². The van der Waals surface area contributed by atoms with Gasteiger partial charge in [0.05, 0.1) is 47.5 Å². The van der Waals surface area contributed by atoms with Crippen LogP contribution in [0.25, 0.3) is 11.3 Å². The lowest BCUT2D eigenvalue weighted by atomic mass is 10.1. The van der Waals surface area contributed by atoms with Crippen molar-refractivity contribution in [1.29, 1.82) is 0 Å². The number of carbonyl (C=O) groups is 1. The summed E-state index contributed by atoms with van der Waals surface area (Å²) in [5.41, 5.74) is 4.12. The fourth-order valence-corrected chi connectivity index (χ4v) is 3.66. The van der Waals surface area contributed by atoms with Crippen molar-refractivity contribution in [3.63, 3.8) is 0 Å². The molecule has 0 radical (unpaired) electrons. The Kier molecular flexibility index (Phi) is 4.66. The number of hydrogen-bond acceptors (Lipinski definition) is 6. The maximum Gasteiger partial charge on any atom is 0.227 e. The summed E-state index contributed by atoms with van der Waals surface area (Å²) in [6, 6.07) is 3.72. The fraction of sp³-hybridized carbons (Fsp3) is 0.350. The van der Waals surface area contributed by atoms with Gasteiger partial charge in [0.1, 0.15) is 5.76 Å². The van der Waals surface area contributed by atoms with E-state index in [0.29, 0.717) is 6.42 Å². The van der Waals surface area contributed by atoms with Gasteiger partial charge in [-0.05, 0) is 38.3 Å². The first kappa shape index (κ1) is 17.3.